The third-order valence-corrected chi connectivity index (χ3v) is 5.08. The number of nitrogens with two attached hydrogens (primary N) is 1. The summed E-state index contributed by atoms with van der Waals surface area (Å²) in [7, 11) is 1.62. The van der Waals surface area contributed by atoms with E-state index in [2.05, 4.69) is 6.92 Å². The first-order valence-corrected chi connectivity index (χ1v) is 9.97. The Kier molecular flexibility index (Phi) is 8.51. The van der Waals surface area contributed by atoms with E-state index in [0.29, 0.717) is 38.0 Å². The number of aryl methyl sites for hydroxylation is 1. The van der Waals surface area contributed by atoms with Gasteiger partial charge in [0, 0.05) is 38.1 Å². The Morgan fingerprint density at radius 2 is 2.04 bits per heavy atom. The smallest absolute Gasteiger partial charge is 0.244 e. The van der Waals surface area contributed by atoms with Crippen LogP contribution < -0.4 is 10.5 Å². The van der Waals surface area contributed by atoms with Crippen LogP contribution in [0.4, 0.5) is 0 Å². The van der Waals surface area contributed by atoms with Crippen LogP contribution in [0, 0.1) is 6.92 Å². The summed E-state index contributed by atoms with van der Waals surface area (Å²) in [6, 6.07) is 7.62. The summed E-state index contributed by atoms with van der Waals surface area (Å²) in [6.45, 7) is 4.99. The molecule has 6 heteroatoms. The third kappa shape index (κ3) is 6.09. The lowest BCUT2D eigenvalue weighted by molar-refractivity contribution is -0.135. The summed E-state index contributed by atoms with van der Waals surface area (Å²) in [5, 5.41) is 0. The van der Waals surface area contributed by atoms with Gasteiger partial charge in [-0.3, -0.25) is 9.59 Å². The van der Waals surface area contributed by atoms with Crippen molar-refractivity contribution >= 4 is 11.8 Å². The molecule has 1 aliphatic rings. The summed E-state index contributed by atoms with van der Waals surface area (Å²) in [5.74, 6) is 0.397. The molecule has 1 aromatic carbocycles. The molecule has 154 valence electrons. The molecule has 6 nitrogen and oxygen atoms in total. The lowest BCUT2D eigenvalue weighted by atomic mass is 9.90. The Hall–Kier alpha value is -2.34. The van der Waals surface area contributed by atoms with E-state index >= 15 is 0 Å². The number of benzene rings is 1. The monoisotopic (exact) mass is 388 g/mol. The first-order chi connectivity index (χ1) is 13.5. The SMILES string of the molecule is CCCCC(=O)N(CCOC)C1CC(C(N)=O)=CC(Oc2ccccc2C)C1. The Bertz CT molecular complexity index is 702. The van der Waals surface area contributed by atoms with E-state index in [1.54, 1.807) is 13.2 Å². The van der Waals surface area contributed by atoms with Gasteiger partial charge in [0.05, 0.1) is 6.61 Å². The minimum atomic E-state index is -0.462. The fourth-order valence-electron chi connectivity index (χ4n) is 3.49. The van der Waals surface area contributed by atoms with E-state index in [9.17, 15) is 9.59 Å². The van der Waals surface area contributed by atoms with Crippen LogP contribution in [0.5, 0.6) is 5.75 Å². The van der Waals surface area contributed by atoms with E-state index in [1.807, 2.05) is 36.1 Å². The maximum Gasteiger partial charge on any atom is 0.244 e. The molecule has 0 fully saturated rings. The van der Waals surface area contributed by atoms with Gasteiger partial charge < -0.3 is 20.1 Å². The fourth-order valence-corrected chi connectivity index (χ4v) is 3.49. The molecule has 0 spiro atoms. The van der Waals surface area contributed by atoms with Crippen molar-refractivity contribution in [2.24, 2.45) is 5.73 Å². The largest absolute Gasteiger partial charge is 0.486 e. The molecule has 2 unspecified atom stereocenters. The lowest BCUT2D eigenvalue weighted by Gasteiger charge is -2.37. The average Bonchev–Trinajstić information content (AvgIpc) is 2.68. The van der Waals surface area contributed by atoms with Gasteiger partial charge in [-0.1, -0.05) is 31.5 Å². The second kappa shape index (κ2) is 10.9. The van der Waals surface area contributed by atoms with Crippen molar-refractivity contribution in [1.29, 1.82) is 0 Å². The van der Waals surface area contributed by atoms with E-state index in [0.717, 1.165) is 24.2 Å². The van der Waals surface area contributed by atoms with Gasteiger partial charge in [0.15, 0.2) is 0 Å². The highest BCUT2D eigenvalue weighted by atomic mass is 16.5. The molecule has 2 atom stereocenters. The van der Waals surface area contributed by atoms with Crippen LogP contribution in [-0.4, -0.2) is 49.1 Å². The molecule has 0 bridgehead atoms. The van der Waals surface area contributed by atoms with Crippen molar-refractivity contribution in [2.45, 2.75) is 58.1 Å². The second-order valence-corrected chi connectivity index (χ2v) is 7.26. The maximum atomic E-state index is 12.8. The first-order valence-electron chi connectivity index (χ1n) is 9.97. The minimum Gasteiger partial charge on any atom is -0.486 e. The summed E-state index contributed by atoms with van der Waals surface area (Å²) in [6.07, 6.45) is 4.85. The highest BCUT2D eigenvalue weighted by molar-refractivity contribution is 5.92. The predicted octanol–water partition coefficient (Wildman–Crippen LogP) is 2.98. The molecule has 0 heterocycles. The van der Waals surface area contributed by atoms with Crippen LogP contribution in [0.1, 0.15) is 44.6 Å². The molecule has 2 N–H and O–H groups in total. The Labute approximate surface area is 167 Å². The zero-order chi connectivity index (χ0) is 20.5. The second-order valence-electron chi connectivity index (χ2n) is 7.26. The number of rotatable bonds is 10. The van der Waals surface area contributed by atoms with Crippen LogP contribution in [-0.2, 0) is 14.3 Å². The molecular formula is C22H32N2O4. The van der Waals surface area contributed by atoms with Crippen LogP contribution in [0.25, 0.3) is 0 Å². The van der Waals surface area contributed by atoms with Gasteiger partial charge in [0.1, 0.15) is 11.9 Å². The van der Waals surface area contributed by atoms with Gasteiger partial charge in [-0.05, 0) is 37.5 Å². The minimum absolute atomic E-state index is 0.0873. The molecule has 28 heavy (non-hydrogen) atoms. The quantitative estimate of drug-likeness (QED) is 0.668. The van der Waals surface area contributed by atoms with Gasteiger partial charge in [-0.15, -0.1) is 0 Å². The molecule has 0 saturated heterocycles. The number of carbonyl (C=O) groups excluding carboxylic acids is 2. The van der Waals surface area contributed by atoms with Gasteiger partial charge in [-0.2, -0.15) is 0 Å². The molecule has 0 aromatic heterocycles. The Morgan fingerprint density at radius 1 is 1.29 bits per heavy atom. The highest BCUT2D eigenvalue weighted by Crippen LogP contribution is 2.28. The number of primary amides is 1. The number of nitrogens with zero attached hydrogens (tertiary/aromatic N) is 1. The van der Waals surface area contributed by atoms with Crippen molar-refractivity contribution in [3.63, 3.8) is 0 Å². The van der Waals surface area contributed by atoms with Crippen LogP contribution in [0.15, 0.2) is 35.9 Å². The summed E-state index contributed by atoms with van der Waals surface area (Å²) in [5.41, 5.74) is 7.12. The van der Waals surface area contributed by atoms with Crippen molar-refractivity contribution in [1.82, 2.24) is 4.90 Å². The average molecular weight is 389 g/mol. The highest BCUT2D eigenvalue weighted by Gasteiger charge is 2.32. The number of ether oxygens (including phenoxy) is 2. The molecule has 1 aromatic rings. The number of unbranched alkanes of at least 4 members (excludes halogenated alkanes) is 1. The topological polar surface area (TPSA) is 81.9 Å². The number of hydrogen-bond donors (Lipinski definition) is 1. The zero-order valence-corrected chi connectivity index (χ0v) is 17.1. The number of methoxy groups -OCH3 is 1. The fraction of sp³-hybridized carbons (Fsp3) is 0.545. The summed E-state index contributed by atoms with van der Waals surface area (Å²) < 4.78 is 11.4. The van der Waals surface area contributed by atoms with Crippen molar-refractivity contribution < 1.29 is 19.1 Å². The van der Waals surface area contributed by atoms with E-state index in [-0.39, 0.29) is 18.1 Å². The molecule has 0 radical (unpaired) electrons. The lowest BCUT2D eigenvalue weighted by Crippen LogP contribution is -2.47. The van der Waals surface area contributed by atoms with Gasteiger partial charge >= 0.3 is 0 Å². The maximum absolute atomic E-state index is 12.8. The molecule has 0 saturated carbocycles. The number of amides is 2. The molecule has 0 aliphatic heterocycles. The summed E-state index contributed by atoms with van der Waals surface area (Å²) >= 11 is 0. The number of para-hydroxylation sites is 1. The molecule has 2 rings (SSSR count). The van der Waals surface area contributed by atoms with Gasteiger partial charge in [0.2, 0.25) is 11.8 Å². The van der Waals surface area contributed by atoms with Crippen LogP contribution >= 0.6 is 0 Å². The predicted molar refractivity (Wildman–Crippen MR) is 109 cm³/mol. The van der Waals surface area contributed by atoms with Crippen molar-refractivity contribution in [3.05, 3.63) is 41.5 Å². The van der Waals surface area contributed by atoms with Crippen LogP contribution in [0.3, 0.4) is 0 Å². The van der Waals surface area contributed by atoms with E-state index in [4.69, 9.17) is 15.2 Å². The van der Waals surface area contributed by atoms with E-state index < -0.39 is 5.91 Å². The van der Waals surface area contributed by atoms with Crippen molar-refractivity contribution in [3.8, 4) is 5.75 Å². The Morgan fingerprint density at radius 3 is 2.68 bits per heavy atom. The normalized spacial score (nSPS) is 19.0. The molecule has 2 amide bonds. The first kappa shape index (κ1) is 22.0. The number of carbonyl (C=O) groups is 2. The van der Waals surface area contributed by atoms with Gasteiger partial charge in [-0.25, -0.2) is 0 Å². The van der Waals surface area contributed by atoms with E-state index in [1.165, 1.54) is 0 Å². The third-order valence-electron chi connectivity index (χ3n) is 5.08. The zero-order valence-electron chi connectivity index (χ0n) is 17.1. The number of hydrogen-bond acceptors (Lipinski definition) is 4. The van der Waals surface area contributed by atoms with Crippen LogP contribution in [0.2, 0.25) is 0 Å². The standard InChI is InChI=1S/C22H32N2O4/c1-4-5-10-21(25)24(11-12-27-3)18-13-17(22(23)26)14-19(15-18)28-20-9-7-6-8-16(20)2/h6-9,14,18-19H,4-5,10-13,15H2,1-3H3,(H2,23,26). The van der Waals surface area contributed by atoms with Crippen molar-refractivity contribution in [2.75, 3.05) is 20.3 Å². The molecular weight excluding hydrogens is 356 g/mol. The van der Waals surface area contributed by atoms with Gasteiger partial charge in [0.25, 0.3) is 0 Å². The summed E-state index contributed by atoms with van der Waals surface area (Å²) in [4.78, 5) is 26.5. The molecule has 1 aliphatic carbocycles. The Balaban J connectivity index is 2.22.